The van der Waals surface area contributed by atoms with Gasteiger partial charge >= 0.3 is 0 Å². The standard InChI is InChI=1S/C17H21NO4S/c1-17(2,3)18-23(20,21)14-7-5-6-12(10-14)13-8-9-16(22-4)15(19)11-13/h5-11,18-19H,1-4H3. The van der Waals surface area contributed by atoms with Crippen LogP contribution in [0, 0.1) is 0 Å². The topological polar surface area (TPSA) is 75.6 Å². The molecule has 0 aliphatic heterocycles. The summed E-state index contributed by atoms with van der Waals surface area (Å²) in [5, 5.41) is 9.88. The normalized spacial score (nSPS) is 12.2. The summed E-state index contributed by atoms with van der Waals surface area (Å²) in [6, 6.07) is 11.5. The number of hydrogen-bond acceptors (Lipinski definition) is 4. The zero-order chi connectivity index (χ0) is 17.3. The van der Waals surface area contributed by atoms with Crippen LogP contribution in [0.25, 0.3) is 11.1 Å². The predicted molar refractivity (Wildman–Crippen MR) is 90.2 cm³/mol. The quantitative estimate of drug-likeness (QED) is 0.900. The van der Waals surface area contributed by atoms with Crippen LogP contribution in [0.15, 0.2) is 47.4 Å². The molecule has 0 aliphatic carbocycles. The van der Waals surface area contributed by atoms with E-state index in [-0.39, 0.29) is 10.6 Å². The maximum Gasteiger partial charge on any atom is 0.241 e. The van der Waals surface area contributed by atoms with Gasteiger partial charge in [-0.3, -0.25) is 0 Å². The van der Waals surface area contributed by atoms with Gasteiger partial charge in [-0.25, -0.2) is 13.1 Å². The van der Waals surface area contributed by atoms with E-state index in [1.807, 2.05) is 0 Å². The van der Waals surface area contributed by atoms with Crippen LogP contribution in [0.5, 0.6) is 11.5 Å². The van der Waals surface area contributed by atoms with Crippen LogP contribution in [-0.2, 0) is 10.0 Å². The molecule has 0 aromatic heterocycles. The lowest BCUT2D eigenvalue weighted by Crippen LogP contribution is -2.40. The lowest BCUT2D eigenvalue weighted by molar-refractivity contribution is 0.373. The molecule has 0 radical (unpaired) electrons. The molecule has 2 N–H and O–H groups in total. The fourth-order valence-electron chi connectivity index (χ4n) is 2.17. The van der Waals surface area contributed by atoms with Crippen molar-refractivity contribution in [1.82, 2.24) is 4.72 Å². The molecule has 0 aliphatic rings. The Labute approximate surface area is 137 Å². The van der Waals surface area contributed by atoms with Gasteiger partial charge < -0.3 is 9.84 Å². The van der Waals surface area contributed by atoms with E-state index < -0.39 is 15.6 Å². The van der Waals surface area contributed by atoms with Crippen LogP contribution in [0.3, 0.4) is 0 Å². The van der Waals surface area contributed by atoms with Gasteiger partial charge in [-0.2, -0.15) is 0 Å². The Morgan fingerprint density at radius 3 is 2.26 bits per heavy atom. The van der Waals surface area contributed by atoms with E-state index in [0.717, 1.165) is 0 Å². The molecular weight excluding hydrogens is 314 g/mol. The third kappa shape index (κ3) is 4.24. The summed E-state index contributed by atoms with van der Waals surface area (Å²) < 4.78 is 32.5. The summed E-state index contributed by atoms with van der Waals surface area (Å²) in [6.07, 6.45) is 0. The molecule has 0 bridgehead atoms. The largest absolute Gasteiger partial charge is 0.504 e. The van der Waals surface area contributed by atoms with E-state index in [1.165, 1.54) is 7.11 Å². The SMILES string of the molecule is COc1ccc(-c2cccc(S(=O)(=O)NC(C)(C)C)c2)cc1O. The molecular formula is C17H21NO4S. The summed E-state index contributed by atoms with van der Waals surface area (Å²) in [4.78, 5) is 0.181. The number of benzene rings is 2. The summed E-state index contributed by atoms with van der Waals surface area (Å²) in [7, 11) is -2.14. The minimum absolute atomic E-state index is 0.00563. The zero-order valence-corrected chi connectivity index (χ0v) is 14.4. The van der Waals surface area contributed by atoms with Crippen molar-refractivity contribution in [2.24, 2.45) is 0 Å². The predicted octanol–water partition coefficient (Wildman–Crippen LogP) is 3.14. The number of rotatable bonds is 4. The minimum Gasteiger partial charge on any atom is -0.504 e. The van der Waals surface area contributed by atoms with Gasteiger partial charge in [0.1, 0.15) is 0 Å². The summed E-state index contributed by atoms with van der Waals surface area (Å²) in [5.41, 5.74) is 0.837. The molecule has 0 spiro atoms. The molecule has 5 nitrogen and oxygen atoms in total. The van der Waals surface area contributed by atoms with Crippen LogP contribution in [0.2, 0.25) is 0 Å². The number of nitrogens with one attached hydrogen (secondary N) is 1. The number of ether oxygens (including phenoxy) is 1. The molecule has 124 valence electrons. The lowest BCUT2D eigenvalue weighted by atomic mass is 10.1. The molecule has 23 heavy (non-hydrogen) atoms. The molecule has 2 rings (SSSR count). The molecule has 0 unspecified atom stereocenters. The van der Waals surface area contributed by atoms with E-state index >= 15 is 0 Å². The first-order valence-electron chi connectivity index (χ1n) is 7.14. The van der Waals surface area contributed by atoms with E-state index in [9.17, 15) is 13.5 Å². The maximum atomic E-state index is 12.4. The van der Waals surface area contributed by atoms with Crippen molar-refractivity contribution in [2.75, 3.05) is 7.11 Å². The number of sulfonamides is 1. The first kappa shape index (κ1) is 17.3. The van der Waals surface area contributed by atoms with Gasteiger partial charge in [0, 0.05) is 5.54 Å². The van der Waals surface area contributed by atoms with Crippen molar-refractivity contribution in [3.63, 3.8) is 0 Å². The molecule has 0 fully saturated rings. The van der Waals surface area contributed by atoms with Gasteiger partial charge in [-0.05, 0) is 56.2 Å². The van der Waals surface area contributed by atoms with Crippen LogP contribution in [0.4, 0.5) is 0 Å². The third-order valence-electron chi connectivity index (χ3n) is 3.10. The van der Waals surface area contributed by atoms with Gasteiger partial charge in [0.05, 0.1) is 12.0 Å². The Morgan fingerprint density at radius 2 is 1.70 bits per heavy atom. The Hall–Kier alpha value is -2.05. The molecule has 6 heteroatoms. The van der Waals surface area contributed by atoms with E-state index in [2.05, 4.69) is 4.72 Å². The molecule has 2 aromatic rings. The maximum absolute atomic E-state index is 12.4. The fraction of sp³-hybridized carbons (Fsp3) is 0.294. The van der Waals surface area contributed by atoms with Crippen molar-refractivity contribution in [2.45, 2.75) is 31.2 Å². The number of methoxy groups -OCH3 is 1. The first-order chi connectivity index (χ1) is 10.6. The Bertz CT molecular complexity index is 808. The summed E-state index contributed by atoms with van der Waals surface area (Å²) >= 11 is 0. The average molecular weight is 335 g/mol. The monoisotopic (exact) mass is 335 g/mol. The molecule has 0 amide bonds. The fourth-order valence-corrected chi connectivity index (χ4v) is 3.64. The Kier molecular flexibility index (Phi) is 4.68. The van der Waals surface area contributed by atoms with Crippen molar-refractivity contribution >= 4 is 10.0 Å². The highest BCUT2D eigenvalue weighted by Gasteiger charge is 2.22. The molecule has 0 heterocycles. The second kappa shape index (κ2) is 6.22. The molecule has 0 saturated heterocycles. The number of phenols is 1. The highest BCUT2D eigenvalue weighted by atomic mass is 32.2. The average Bonchev–Trinajstić information content (AvgIpc) is 2.45. The summed E-state index contributed by atoms with van der Waals surface area (Å²) in [5.74, 6) is 0.373. The molecule has 2 aromatic carbocycles. The molecule has 0 saturated carbocycles. The van der Waals surface area contributed by atoms with Gasteiger partial charge in [0.25, 0.3) is 0 Å². The summed E-state index contributed by atoms with van der Waals surface area (Å²) in [6.45, 7) is 5.36. The van der Waals surface area contributed by atoms with E-state index in [0.29, 0.717) is 16.9 Å². The van der Waals surface area contributed by atoms with E-state index in [1.54, 1.807) is 63.2 Å². The second-order valence-corrected chi connectivity index (χ2v) is 7.95. The number of hydrogen-bond donors (Lipinski definition) is 2. The van der Waals surface area contributed by atoms with Crippen molar-refractivity contribution in [3.05, 3.63) is 42.5 Å². The zero-order valence-electron chi connectivity index (χ0n) is 13.6. The molecule has 0 atom stereocenters. The van der Waals surface area contributed by atoms with Gasteiger partial charge in [-0.1, -0.05) is 18.2 Å². The van der Waals surface area contributed by atoms with Crippen LogP contribution >= 0.6 is 0 Å². The number of aromatic hydroxyl groups is 1. The van der Waals surface area contributed by atoms with Crippen LogP contribution in [0.1, 0.15) is 20.8 Å². The highest BCUT2D eigenvalue weighted by molar-refractivity contribution is 7.89. The van der Waals surface area contributed by atoms with E-state index in [4.69, 9.17) is 4.74 Å². The lowest BCUT2D eigenvalue weighted by Gasteiger charge is -2.20. The Balaban J connectivity index is 2.43. The smallest absolute Gasteiger partial charge is 0.241 e. The van der Waals surface area contributed by atoms with Crippen molar-refractivity contribution < 1.29 is 18.3 Å². The van der Waals surface area contributed by atoms with Crippen molar-refractivity contribution in [1.29, 1.82) is 0 Å². The van der Waals surface area contributed by atoms with Gasteiger partial charge in [0.15, 0.2) is 11.5 Å². The number of phenolic OH excluding ortho intramolecular Hbond substituents is 1. The van der Waals surface area contributed by atoms with Crippen LogP contribution in [-0.4, -0.2) is 26.2 Å². The second-order valence-electron chi connectivity index (χ2n) is 6.27. The van der Waals surface area contributed by atoms with Crippen LogP contribution < -0.4 is 9.46 Å². The van der Waals surface area contributed by atoms with Crippen molar-refractivity contribution in [3.8, 4) is 22.6 Å². The Morgan fingerprint density at radius 1 is 1.04 bits per heavy atom. The third-order valence-corrected chi connectivity index (χ3v) is 4.85. The van der Waals surface area contributed by atoms with Gasteiger partial charge in [0.2, 0.25) is 10.0 Å². The minimum atomic E-state index is -3.61. The van der Waals surface area contributed by atoms with Gasteiger partial charge in [-0.15, -0.1) is 0 Å². The highest BCUT2D eigenvalue weighted by Crippen LogP contribution is 2.32. The first-order valence-corrected chi connectivity index (χ1v) is 8.62.